The van der Waals surface area contributed by atoms with Gasteiger partial charge in [-0.05, 0) is 71.0 Å². The maximum absolute atomic E-state index is 14.4. The van der Waals surface area contributed by atoms with Crippen LogP contribution in [0, 0.1) is 24.2 Å². The molecule has 0 radical (unpaired) electrons. The third-order valence-electron chi connectivity index (χ3n) is 9.92. The van der Waals surface area contributed by atoms with Gasteiger partial charge in [-0.1, -0.05) is 50.9 Å². The molecule has 0 N–H and O–H groups in total. The molecule has 1 amide bonds. The zero-order valence-electron chi connectivity index (χ0n) is 28.7. The molecule has 1 fully saturated rings. The van der Waals surface area contributed by atoms with Gasteiger partial charge >= 0.3 is 12.1 Å². The minimum absolute atomic E-state index is 0.0348. The molecule has 0 spiro atoms. The number of carbonyl (C=O) groups is 2. The van der Waals surface area contributed by atoms with Crippen LogP contribution in [0.1, 0.15) is 101 Å². The lowest BCUT2D eigenvalue weighted by atomic mass is 9.78. The lowest BCUT2D eigenvalue weighted by Crippen LogP contribution is -2.48. The number of pyridine rings is 1. The van der Waals surface area contributed by atoms with Crippen molar-refractivity contribution in [3.63, 3.8) is 0 Å². The number of hydrogen-bond acceptors (Lipinski definition) is 6. The number of alkyl halides is 3. The Kier molecular flexibility index (Phi) is 13.4. The summed E-state index contributed by atoms with van der Waals surface area (Å²) in [5.74, 6) is -0.975. The summed E-state index contributed by atoms with van der Waals surface area (Å²) >= 11 is 13.2. The highest BCUT2D eigenvalue weighted by Gasteiger charge is 2.49. The van der Waals surface area contributed by atoms with Crippen LogP contribution in [-0.2, 0) is 14.0 Å². The average Bonchev–Trinajstić information content (AvgIpc) is 3.39. The fraction of sp³-hybridized carbons (Fsp3) is 0.697. The molecule has 8 nitrogen and oxygen atoms in total. The maximum atomic E-state index is 14.4. The minimum atomic E-state index is -4.59. The molecule has 14 heteroatoms. The Hall–Kier alpha value is -2.15. The van der Waals surface area contributed by atoms with Gasteiger partial charge in [0.1, 0.15) is 0 Å². The van der Waals surface area contributed by atoms with E-state index < -0.39 is 38.5 Å². The topological polar surface area (TPSA) is 86.6 Å². The largest absolute Gasteiger partial charge is 0.466 e. The Morgan fingerprint density at radius 1 is 1.06 bits per heavy atom. The molecule has 1 unspecified atom stereocenters. The lowest BCUT2D eigenvalue weighted by Gasteiger charge is -2.39. The molecule has 2 aromatic heterocycles. The first kappa shape index (κ1) is 39.3. The summed E-state index contributed by atoms with van der Waals surface area (Å²) in [6, 6.07) is 2.22. The van der Waals surface area contributed by atoms with E-state index in [2.05, 4.69) is 10.1 Å². The number of rotatable bonds is 14. The van der Waals surface area contributed by atoms with Gasteiger partial charge in [0.25, 0.3) is 5.91 Å². The van der Waals surface area contributed by atoms with Gasteiger partial charge in [-0.15, -0.1) is 0 Å². The summed E-state index contributed by atoms with van der Waals surface area (Å²) in [5.41, 5.74) is -1.08. The number of amides is 1. The van der Waals surface area contributed by atoms with Gasteiger partial charge < -0.3 is 14.1 Å². The van der Waals surface area contributed by atoms with Gasteiger partial charge in [0, 0.05) is 30.2 Å². The minimum Gasteiger partial charge on any atom is -0.466 e. The van der Waals surface area contributed by atoms with Crippen LogP contribution in [0.15, 0.2) is 18.6 Å². The van der Waals surface area contributed by atoms with E-state index in [0.717, 1.165) is 32.0 Å². The molecule has 1 aliphatic carbocycles. The first-order chi connectivity index (χ1) is 22.0. The molecule has 2 heterocycles. The smallest absolute Gasteiger partial charge is 0.395 e. The molecule has 1 saturated carbocycles. The molecule has 0 aliphatic heterocycles. The first-order valence-corrected chi connectivity index (χ1v) is 19.8. The molecule has 2 aromatic rings. The van der Waals surface area contributed by atoms with Crippen molar-refractivity contribution < 1.29 is 31.9 Å². The van der Waals surface area contributed by atoms with Gasteiger partial charge in [0.05, 0.1) is 58.4 Å². The number of aromatic nitrogens is 3. The van der Waals surface area contributed by atoms with Crippen LogP contribution in [0.2, 0.25) is 28.2 Å². The van der Waals surface area contributed by atoms with Crippen molar-refractivity contribution in [1.29, 1.82) is 0 Å². The second-order valence-corrected chi connectivity index (χ2v) is 18.9. The van der Waals surface area contributed by atoms with Gasteiger partial charge in [-0.25, -0.2) is 0 Å². The molecule has 0 bridgehead atoms. The molecule has 3 rings (SSSR count). The first-order valence-electron chi connectivity index (χ1n) is 16.5. The van der Waals surface area contributed by atoms with E-state index >= 15 is 0 Å². The van der Waals surface area contributed by atoms with Crippen LogP contribution in [0.4, 0.5) is 13.2 Å². The summed E-state index contributed by atoms with van der Waals surface area (Å²) in [7, 11) is -2.39. The molecular weight excluding hydrogens is 672 g/mol. The summed E-state index contributed by atoms with van der Waals surface area (Å²) in [5, 5.41) is 4.98. The Morgan fingerprint density at radius 2 is 1.66 bits per heavy atom. The summed E-state index contributed by atoms with van der Waals surface area (Å²) in [4.78, 5) is 32.1. The van der Waals surface area contributed by atoms with E-state index in [1.165, 1.54) is 23.5 Å². The highest BCUT2D eigenvalue weighted by molar-refractivity contribution is 6.73. The van der Waals surface area contributed by atoms with E-state index in [0.29, 0.717) is 37.1 Å². The summed E-state index contributed by atoms with van der Waals surface area (Å²) in [6.45, 7) is 13.3. The van der Waals surface area contributed by atoms with Crippen molar-refractivity contribution in [2.24, 2.45) is 17.3 Å². The third kappa shape index (κ3) is 8.91. The molecule has 1 aliphatic rings. The predicted octanol–water partition coefficient (Wildman–Crippen LogP) is 9.23. The summed E-state index contributed by atoms with van der Waals surface area (Å²) in [6.07, 6.45) is 0.719. The van der Waals surface area contributed by atoms with Gasteiger partial charge in [0.2, 0.25) is 0 Å². The third-order valence-corrected chi connectivity index (χ3v) is 15.2. The Morgan fingerprint density at radius 3 is 2.17 bits per heavy atom. The Labute approximate surface area is 287 Å². The van der Waals surface area contributed by atoms with E-state index in [1.807, 2.05) is 27.7 Å². The SMILES string of the molecule is CCOC(=O)[C@H]1CC[C@H](n2ncc(C(=O)N(CC(O[Si](CC)(CC)CC)c3c(Cl)cncc3Cl)CC(C)(C)C(F)(F)F)c2C)C[C@@H]1C. The second-order valence-electron chi connectivity index (χ2n) is 13.3. The van der Waals surface area contributed by atoms with Crippen molar-refractivity contribution in [2.75, 3.05) is 19.7 Å². The van der Waals surface area contributed by atoms with E-state index in [9.17, 15) is 22.8 Å². The lowest BCUT2D eigenvalue weighted by molar-refractivity contribution is -0.215. The van der Waals surface area contributed by atoms with Crippen LogP contribution in [0.5, 0.6) is 0 Å². The second kappa shape index (κ2) is 16.0. The fourth-order valence-electron chi connectivity index (χ4n) is 6.57. The van der Waals surface area contributed by atoms with Crippen LogP contribution in [0.25, 0.3) is 0 Å². The van der Waals surface area contributed by atoms with Crippen LogP contribution >= 0.6 is 23.2 Å². The fourth-order valence-corrected chi connectivity index (χ4v) is 9.97. The normalized spacial score (nSPS) is 19.8. The van der Waals surface area contributed by atoms with E-state index in [4.69, 9.17) is 32.4 Å². The maximum Gasteiger partial charge on any atom is 0.395 e. The number of halogens is 5. The van der Waals surface area contributed by atoms with Gasteiger partial charge in [-0.3, -0.25) is 19.3 Å². The predicted molar refractivity (Wildman–Crippen MR) is 180 cm³/mol. The number of ether oxygens (including phenoxy) is 1. The zero-order valence-corrected chi connectivity index (χ0v) is 31.2. The highest BCUT2D eigenvalue weighted by atomic mass is 35.5. The van der Waals surface area contributed by atoms with Crippen LogP contribution in [0.3, 0.4) is 0 Å². The standard InChI is InChI=1S/C33H49Cl2F3N4O4Si/c1-9-45-31(44)24-14-13-23(15-21(24)5)42-22(6)25(16-40-42)30(43)41(20-32(7,8)33(36,37)38)19-28(46-47(10-2,11-3)12-4)29-26(34)17-39-18-27(29)35/h16-18,21,23-24,28H,9-15,19-20H2,1-8H3/t21-,23-,24-,28?/m0/s1. The van der Waals surface area contributed by atoms with E-state index in [-0.39, 0.29) is 46.0 Å². The van der Waals surface area contributed by atoms with Crippen LogP contribution in [-0.4, -0.2) is 65.7 Å². The van der Waals surface area contributed by atoms with Crippen molar-refractivity contribution >= 4 is 43.4 Å². The van der Waals surface area contributed by atoms with Crippen molar-refractivity contribution in [2.45, 2.75) is 111 Å². The zero-order chi connectivity index (χ0) is 35.3. The Bertz CT molecular complexity index is 1360. The highest BCUT2D eigenvalue weighted by Crippen LogP contribution is 2.42. The molecule has 0 saturated heterocycles. The van der Waals surface area contributed by atoms with Crippen LogP contribution < -0.4 is 0 Å². The number of nitrogens with zero attached hydrogens (tertiary/aromatic N) is 4. The van der Waals surface area contributed by atoms with Crippen molar-refractivity contribution in [1.82, 2.24) is 19.7 Å². The molecular formula is C33H49Cl2F3N4O4Si. The molecule has 47 heavy (non-hydrogen) atoms. The number of hydrogen-bond donors (Lipinski definition) is 0. The Balaban J connectivity index is 2.04. The summed E-state index contributed by atoms with van der Waals surface area (Å²) < 4.78 is 56.8. The van der Waals surface area contributed by atoms with Gasteiger partial charge in [-0.2, -0.15) is 18.3 Å². The molecule has 0 aromatic carbocycles. The van der Waals surface area contributed by atoms with Crippen molar-refractivity contribution in [3.05, 3.63) is 45.5 Å². The molecule has 264 valence electrons. The van der Waals surface area contributed by atoms with E-state index in [1.54, 1.807) is 18.5 Å². The average molecular weight is 722 g/mol. The quantitative estimate of drug-likeness (QED) is 0.143. The number of carbonyl (C=O) groups excluding carboxylic acids is 2. The van der Waals surface area contributed by atoms with Gasteiger partial charge in [0.15, 0.2) is 8.32 Å². The van der Waals surface area contributed by atoms with Crippen molar-refractivity contribution in [3.8, 4) is 0 Å². The monoisotopic (exact) mass is 720 g/mol. The number of esters is 1. The molecule has 4 atom stereocenters.